The highest BCUT2D eigenvalue weighted by Gasteiger charge is 2.57. The molecule has 2 aliphatic rings. The van der Waals surface area contributed by atoms with Crippen molar-refractivity contribution in [2.45, 2.75) is 32.1 Å². The molecule has 21 heavy (non-hydrogen) atoms. The van der Waals surface area contributed by atoms with E-state index in [1.54, 1.807) is 0 Å². The van der Waals surface area contributed by atoms with Crippen LogP contribution in [-0.4, -0.2) is 34.8 Å². The standard InChI is InChI=1S/C16H21N3O2/c17-14(20)16(6-7-16)15(21)19-9-4-12(5-10-19)11-13-3-1-2-8-18-13/h1-3,8,12H,4-7,9-11H2,(H2,17,20). The van der Waals surface area contributed by atoms with Crippen molar-refractivity contribution in [1.29, 1.82) is 0 Å². The van der Waals surface area contributed by atoms with E-state index >= 15 is 0 Å². The van der Waals surface area contributed by atoms with Crippen LogP contribution in [0.2, 0.25) is 0 Å². The number of amides is 2. The van der Waals surface area contributed by atoms with E-state index in [-0.39, 0.29) is 5.91 Å². The third kappa shape index (κ3) is 2.77. The summed E-state index contributed by atoms with van der Waals surface area (Å²) in [6, 6.07) is 5.97. The molecule has 1 aliphatic carbocycles. The summed E-state index contributed by atoms with van der Waals surface area (Å²) in [5.41, 5.74) is 5.62. The fourth-order valence-electron chi connectivity index (χ4n) is 3.15. The molecule has 3 rings (SSSR count). The number of hydrogen-bond donors (Lipinski definition) is 1. The van der Waals surface area contributed by atoms with Gasteiger partial charge in [0.1, 0.15) is 5.41 Å². The normalized spacial score (nSPS) is 21.0. The van der Waals surface area contributed by atoms with Crippen molar-refractivity contribution >= 4 is 11.8 Å². The van der Waals surface area contributed by atoms with Crippen molar-refractivity contribution in [3.05, 3.63) is 30.1 Å². The van der Waals surface area contributed by atoms with E-state index in [0.717, 1.165) is 38.0 Å². The molecule has 0 unspecified atom stereocenters. The molecule has 2 amide bonds. The minimum atomic E-state index is -0.867. The van der Waals surface area contributed by atoms with Gasteiger partial charge in [0.05, 0.1) is 0 Å². The molecule has 0 bridgehead atoms. The van der Waals surface area contributed by atoms with Crippen molar-refractivity contribution in [3.8, 4) is 0 Å². The Morgan fingerprint density at radius 1 is 1.29 bits per heavy atom. The Morgan fingerprint density at radius 3 is 2.52 bits per heavy atom. The van der Waals surface area contributed by atoms with Crippen LogP contribution in [0.25, 0.3) is 0 Å². The molecule has 0 aromatic carbocycles. The number of likely N-dealkylation sites (tertiary alicyclic amines) is 1. The van der Waals surface area contributed by atoms with Crippen molar-refractivity contribution in [2.24, 2.45) is 17.1 Å². The molecule has 5 heteroatoms. The van der Waals surface area contributed by atoms with Crippen LogP contribution >= 0.6 is 0 Å². The summed E-state index contributed by atoms with van der Waals surface area (Å²) in [4.78, 5) is 30.0. The van der Waals surface area contributed by atoms with Gasteiger partial charge in [0.25, 0.3) is 0 Å². The van der Waals surface area contributed by atoms with Crippen molar-refractivity contribution in [2.75, 3.05) is 13.1 Å². The maximum absolute atomic E-state index is 12.4. The van der Waals surface area contributed by atoms with E-state index in [2.05, 4.69) is 4.98 Å². The van der Waals surface area contributed by atoms with Gasteiger partial charge in [-0.25, -0.2) is 0 Å². The molecule has 1 aliphatic heterocycles. The summed E-state index contributed by atoms with van der Waals surface area (Å²) in [7, 11) is 0. The highest BCUT2D eigenvalue weighted by Crippen LogP contribution is 2.47. The Hall–Kier alpha value is -1.91. The minimum absolute atomic E-state index is 0.0497. The van der Waals surface area contributed by atoms with E-state index in [1.807, 2.05) is 29.3 Å². The summed E-state index contributed by atoms with van der Waals surface area (Å²) >= 11 is 0. The summed E-state index contributed by atoms with van der Waals surface area (Å²) in [5.74, 6) is 0.0575. The first kappa shape index (κ1) is 14.0. The van der Waals surface area contributed by atoms with Crippen molar-refractivity contribution in [3.63, 3.8) is 0 Å². The number of carbonyl (C=O) groups is 2. The molecule has 1 aromatic heterocycles. The molecule has 5 nitrogen and oxygen atoms in total. The average molecular weight is 287 g/mol. The molecular formula is C16H21N3O2. The molecule has 112 valence electrons. The third-order valence-electron chi connectivity index (χ3n) is 4.76. The topological polar surface area (TPSA) is 76.3 Å². The third-order valence-corrected chi connectivity index (χ3v) is 4.76. The molecule has 2 N–H and O–H groups in total. The second kappa shape index (κ2) is 5.47. The van der Waals surface area contributed by atoms with Crippen LogP contribution < -0.4 is 5.73 Å². The van der Waals surface area contributed by atoms with Crippen LogP contribution in [0.5, 0.6) is 0 Å². The van der Waals surface area contributed by atoms with Crippen LogP contribution in [0.1, 0.15) is 31.4 Å². The van der Waals surface area contributed by atoms with Gasteiger partial charge < -0.3 is 10.6 Å². The number of nitrogens with zero attached hydrogens (tertiary/aromatic N) is 2. The van der Waals surface area contributed by atoms with Gasteiger partial charge >= 0.3 is 0 Å². The zero-order valence-corrected chi connectivity index (χ0v) is 12.1. The SMILES string of the molecule is NC(=O)C1(C(=O)N2CCC(Cc3ccccn3)CC2)CC1. The summed E-state index contributed by atoms with van der Waals surface area (Å²) in [6.07, 6.45) is 5.96. The number of hydrogen-bond acceptors (Lipinski definition) is 3. The smallest absolute Gasteiger partial charge is 0.238 e. The van der Waals surface area contributed by atoms with Crippen molar-refractivity contribution in [1.82, 2.24) is 9.88 Å². The second-order valence-corrected chi connectivity index (χ2v) is 6.21. The van der Waals surface area contributed by atoms with Gasteiger partial charge in [0.15, 0.2) is 0 Å². The summed E-state index contributed by atoms with van der Waals surface area (Å²) in [5, 5.41) is 0. The summed E-state index contributed by atoms with van der Waals surface area (Å²) in [6.45, 7) is 1.46. The lowest BCUT2D eigenvalue weighted by Crippen LogP contribution is -2.46. The number of piperidine rings is 1. The van der Waals surface area contributed by atoms with E-state index < -0.39 is 11.3 Å². The number of primary amides is 1. The molecule has 0 spiro atoms. The van der Waals surface area contributed by atoms with Crippen molar-refractivity contribution < 1.29 is 9.59 Å². The lowest BCUT2D eigenvalue weighted by Gasteiger charge is -2.33. The molecule has 2 heterocycles. The van der Waals surface area contributed by atoms with E-state index in [0.29, 0.717) is 18.8 Å². The highest BCUT2D eigenvalue weighted by molar-refractivity contribution is 6.07. The van der Waals surface area contributed by atoms with Gasteiger partial charge in [-0.3, -0.25) is 14.6 Å². The largest absolute Gasteiger partial charge is 0.369 e. The molecular weight excluding hydrogens is 266 g/mol. The zero-order chi connectivity index (χ0) is 14.9. The number of pyridine rings is 1. The Balaban J connectivity index is 1.54. The first-order valence-corrected chi connectivity index (χ1v) is 7.61. The van der Waals surface area contributed by atoms with Crippen LogP contribution in [0.3, 0.4) is 0 Å². The molecule has 2 fully saturated rings. The average Bonchev–Trinajstić information content (AvgIpc) is 3.30. The monoisotopic (exact) mass is 287 g/mol. The molecule has 1 saturated heterocycles. The molecule has 0 atom stereocenters. The lowest BCUT2D eigenvalue weighted by molar-refractivity contribution is -0.144. The number of carbonyl (C=O) groups excluding carboxylic acids is 2. The maximum Gasteiger partial charge on any atom is 0.238 e. The van der Waals surface area contributed by atoms with Gasteiger partial charge in [-0.15, -0.1) is 0 Å². The molecule has 1 saturated carbocycles. The fourth-order valence-corrected chi connectivity index (χ4v) is 3.15. The zero-order valence-electron chi connectivity index (χ0n) is 12.1. The van der Waals surface area contributed by atoms with Crippen LogP contribution in [-0.2, 0) is 16.0 Å². The summed E-state index contributed by atoms with van der Waals surface area (Å²) < 4.78 is 0. The highest BCUT2D eigenvalue weighted by atomic mass is 16.2. The minimum Gasteiger partial charge on any atom is -0.369 e. The van der Waals surface area contributed by atoms with Gasteiger partial charge in [0, 0.05) is 25.0 Å². The van der Waals surface area contributed by atoms with Gasteiger partial charge in [-0.2, -0.15) is 0 Å². The van der Waals surface area contributed by atoms with Gasteiger partial charge in [-0.1, -0.05) is 6.07 Å². The van der Waals surface area contributed by atoms with Crippen LogP contribution in [0.4, 0.5) is 0 Å². The number of aromatic nitrogens is 1. The quantitative estimate of drug-likeness (QED) is 0.843. The number of nitrogens with two attached hydrogens (primary N) is 1. The molecule has 1 aromatic rings. The first-order valence-electron chi connectivity index (χ1n) is 7.61. The Kier molecular flexibility index (Phi) is 3.66. The fraction of sp³-hybridized carbons (Fsp3) is 0.562. The Labute approximate surface area is 124 Å². The van der Waals surface area contributed by atoms with E-state index in [1.165, 1.54) is 0 Å². The van der Waals surface area contributed by atoms with Gasteiger partial charge in [-0.05, 0) is 50.2 Å². The second-order valence-electron chi connectivity index (χ2n) is 6.21. The Morgan fingerprint density at radius 2 is 2.00 bits per heavy atom. The predicted molar refractivity (Wildman–Crippen MR) is 78.1 cm³/mol. The van der Waals surface area contributed by atoms with Crippen LogP contribution in [0, 0.1) is 11.3 Å². The number of rotatable bonds is 4. The lowest BCUT2D eigenvalue weighted by atomic mass is 9.91. The Bertz CT molecular complexity index is 532. The molecule has 0 radical (unpaired) electrons. The van der Waals surface area contributed by atoms with Crippen LogP contribution in [0.15, 0.2) is 24.4 Å². The predicted octanol–water partition coefficient (Wildman–Crippen LogP) is 1.13. The van der Waals surface area contributed by atoms with Gasteiger partial charge in [0.2, 0.25) is 11.8 Å². The first-order chi connectivity index (χ1) is 10.1. The van der Waals surface area contributed by atoms with E-state index in [4.69, 9.17) is 5.73 Å². The van der Waals surface area contributed by atoms with E-state index in [9.17, 15) is 9.59 Å². The maximum atomic E-state index is 12.4.